The van der Waals surface area contributed by atoms with Crippen molar-refractivity contribution >= 4 is 46.4 Å². The lowest BCUT2D eigenvalue weighted by atomic mass is 9.81. The Morgan fingerprint density at radius 1 is 0.891 bits per heavy atom. The van der Waals surface area contributed by atoms with Gasteiger partial charge in [0.05, 0.1) is 0 Å². The third-order valence-corrected chi connectivity index (χ3v) is 9.22. The van der Waals surface area contributed by atoms with Crippen molar-refractivity contribution in [2.75, 3.05) is 0 Å². The molecule has 3 aliphatic rings. The molecule has 1 saturated heterocycles. The van der Waals surface area contributed by atoms with E-state index in [0.29, 0.717) is 23.9 Å². The van der Waals surface area contributed by atoms with Gasteiger partial charge in [0.2, 0.25) is 29.5 Å². The van der Waals surface area contributed by atoms with E-state index in [2.05, 4.69) is 31.6 Å². The third-order valence-electron chi connectivity index (χ3n) is 9.22. The number of hydrogen-bond acceptors (Lipinski definition) is 6. The molecular formula is C33H46N6O7. The number of carbonyl (C=O) groups is 6. The van der Waals surface area contributed by atoms with Crippen molar-refractivity contribution in [3.8, 4) is 0 Å². The van der Waals surface area contributed by atoms with E-state index < -0.39 is 71.6 Å². The average Bonchev–Trinajstić information content (AvgIpc) is 3.62. The van der Waals surface area contributed by atoms with Crippen LogP contribution in [0, 0.1) is 17.8 Å². The van der Waals surface area contributed by atoms with Crippen LogP contribution < -0.4 is 26.6 Å². The molecule has 5 rings (SSSR count). The van der Waals surface area contributed by atoms with Crippen LogP contribution in [0.15, 0.2) is 24.4 Å². The average molecular weight is 639 g/mol. The lowest BCUT2D eigenvalue weighted by Crippen LogP contribution is -2.61. The summed E-state index contributed by atoms with van der Waals surface area (Å²) in [6, 6.07) is 0.237. The van der Waals surface area contributed by atoms with Gasteiger partial charge in [-0.1, -0.05) is 60.1 Å². The number of amides is 5. The molecule has 4 bridgehead atoms. The van der Waals surface area contributed by atoms with Crippen LogP contribution in [0.25, 0.3) is 10.9 Å². The molecule has 5 amide bonds. The van der Waals surface area contributed by atoms with E-state index in [4.69, 9.17) is 0 Å². The number of aliphatic carboxylic acids is 1. The predicted octanol–water partition coefficient (Wildman–Crippen LogP) is 1.47. The number of fused-ring (bicyclic) bond motifs is 12. The van der Waals surface area contributed by atoms with Gasteiger partial charge in [0.25, 0.3) is 0 Å². The first-order valence-electron chi connectivity index (χ1n) is 16.0. The summed E-state index contributed by atoms with van der Waals surface area (Å²) < 4.78 is 0. The van der Waals surface area contributed by atoms with E-state index in [1.807, 2.05) is 39.0 Å². The molecule has 1 fully saturated rings. The minimum atomic E-state index is -1.26. The van der Waals surface area contributed by atoms with Gasteiger partial charge in [-0.05, 0) is 41.4 Å². The van der Waals surface area contributed by atoms with Crippen LogP contribution in [0.2, 0.25) is 0 Å². The number of aromatic amines is 1. The summed E-state index contributed by atoms with van der Waals surface area (Å²) >= 11 is 0. The van der Waals surface area contributed by atoms with Crippen LogP contribution in [0.3, 0.4) is 0 Å². The van der Waals surface area contributed by atoms with Gasteiger partial charge in [-0.25, -0.2) is 4.79 Å². The highest BCUT2D eigenvalue weighted by Crippen LogP contribution is 2.32. The van der Waals surface area contributed by atoms with Crippen LogP contribution >= 0.6 is 0 Å². The molecule has 2 aromatic rings. The molecule has 13 heteroatoms. The second-order valence-corrected chi connectivity index (χ2v) is 13.2. The molecule has 1 aromatic heterocycles. The molecule has 4 heterocycles. The molecule has 1 unspecified atom stereocenters. The van der Waals surface area contributed by atoms with Crippen molar-refractivity contribution < 1.29 is 33.9 Å². The van der Waals surface area contributed by atoms with Gasteiger partial charge in [-0.3, -0.25) is 24.0 Å². The monoisotopic (exact) mass is 638 g/mol. The van der Waals surface area contributed by atoms with E-state index in [9.17, 15) is 33.9 Å². The number of carbonyl (C=O) groups excluding carboxylic acids is 5. The summed E-state index contributed by atoms with van der Waals surface area (Å²) in [5, 5.41) is 24.5. The molecule has 7 atom stereocenters. The summed E-state index contributed by atoms with van der Waals surface area (Å²) in [5.74, 6) is -5.25. The molecule has 7 N–H and O–H groups in total. The summed E-state index contributed by atoms with van der Waals surface area (Å²) in [6.07, 6.45) is 2.71. The Balaban J connectivity index is 1.85. The Bertz CT molecular complexity index is 1500. The summed E-state index contributed by atoms with van der Waals surface area (Å²) in [5.41, 5.74) is 2.10. The third kappa shape index (κ3) is 7.51. The highest BCUT2D eigenvalue weighted by molar-refractivity contribution is 5.97. The van der Waals surface area contributed by atoms with Gasteiger partial charge in [-0.2, -0.15) is 0 Å². The van der Waals surface area contributed by atoms with Crippen LogP contribution in [0.1, 0.15) is 77.8 Å². The van der Waals surface area contributed by atoms with E-state index in [1.165, 1.54) is 0 Å². The number of aromatic nitrogens is 1. The SMILES string of the molecule is CCC(C)[C@@H]1NC(=O)[C@@H](NC(=O)[C@@H]2CCC(=O)N2)[C@H](C(C)C)c2ccc3c(c[nH]c3c2)C[C@@H](C(=O)O)NC(=O)[C@H](C(C)C)NC1=O. The van der Waals surface area contributed by atoms with Gasteiger partial charge in [0.15, 0.2) is 0 Å². The molecule has 0 aliphatic carbocycles. The molecule has 46 heavy (non-hydrogen) atoms. The predicted molar refractivity (Wildman–Crippen MR) is 170 cm³/mol. The lowest BCUT2D eigenvalue weighted by molar-refractivity contribution is -0.142. The van der Waals surface area contributed by atoms with E-state index >= 15 is 0 Å². The normalized spacial score (nSPS) is 26.9. The Kier molecular flexibility index (Phi) is 10.7. The molecule has 0 radical (unpaired) electrons. The summed E-state index contributed by atoms with van der Waals surface area (Å²) in [6.45, 7) is 11.0. The molecule has 1 aromatic carbocycles. The number of H-pyrrole nitrogens is 1. The molecule has 3 aliphatic heterocycles. The zero-order valence-electron chi connectivity index (χ0n) is 27.2. The Labute approximate surface area is 268 Å². The summed E-state index contributed by atoms with van der Waals surface area (Å²) in [7, 11) is 0. The van der Waals surface area contributed by atoms with Crippen molar-refractivity contribution in [2.24, 2.45) is 17.8 Å². The summed E-state index contributed by atoms with van der Waals surface area (Å²) in [4.78, 5) is 82.3. The van der Waals surface area contributed by atoms with Crippen LogP contribution in [-0.2, 0) is 35.2 Å². The van der Waals surface area contributed by atoms with Gasteiger partial charge in [0.1, 0.15) is 30.2 Å². The van der Waals surface area contributed by atoms with E-state index in [1.54, 1.807) is 27.0 Å². The minimum Gasteiger partial charge on any atom is -0.480 e. The van der Waals surface area contributed by atoms with Crippen LogP contribution in [0.5, 0.6) is 0 Å². The van der Waals surface area contributed by atoms with Crippen LogP contribution in [-0.4, -0.2) is 75.8 Å². The maximum Gasteiger partial charge on any atom is 0.326 e. The number of hydrogen-bond donors (Lipinski definition) is 7. The minimum absolute atomic E-state index is 0.00584. The molecule has 250 valence electrons. The van der Waals surface area contributed by atoms with E-state index in [-0.39, 0.29) is 30.6 Å². The number of carboxylic acids is 1. The second-order valence-electron chi connectivity index (χ2n) is 13.2. The van der Waals surface area contributed by atoms with Crippen molar-refractivity contribution in [1.82, 2.24) is 31.6 Å². The topological polar surface area (TPSA) is 199 Å². The largest absolute Gasteiger partial charge is 0.480 e. The first-order chi connectivity index (χ1) is 21.7. The highest BCUT2D eigenvalue weighted by atomic mass is 16.4. The maximum atomic E-state index is 14.3. The maximum absolute atomic E-state index is 14.3. The van der Waals surface area contributed by atoms with Crippen molar-refractivity contribution in [3.63, 3.8) is 0 Å². The Morgan fingerprint density at radius 2 is 1.57 bits per heavy atom. The zero-order valence-corrected chi connectivity index (χ0v) is 27.2. The quantitative estimate of drug-likeness (QED) is 0.223. The number of carboxylic acid groups (broad SMARTS) is 1. The fourth-order valence-corrected chi connectivity index (χ4v) is 6.33. The Morgan fingerprint density at radius 3 is 2.15 bits per heavy atom. The standard InChI is InChI=1S/C33H46N6O7/c1-7-17(6)27-31(43)37-26(16(4)5)30(42)36-23(33(45)46)13-19-14-34-22-12-18(8-9-20(19)22)25(15(2)3)28(32(44)38-27)39-29(41)21-10-11-24(40)35-21/h8-9,12,14-17,21,23,25-28,34H,7,10-11,13H2,1-6H3,(H,35,40)(H,36,42)(H,37,43)(H,38,44)(H,39,41)(H,45,46)/t17?,21-,23-,25+,26-,27-,28-/m0/s1. The fraction of sp³-hybridized carbons (Fsp3) is 0.576. The fourth-order valence-electron chi connectivity index (χ4n) is 6.33. The van der Waals surface area contributed by atoms with E-state index in [0.717, 1.165) is 10.9 Å². The van der Waals surface area contributed by atoms with Crippen LogP contribution in [0.4, 0.5) is 0 Å². The zero-order chi connectivity index (χ0) is 33.9. The van der Waals surface area contributed by atoms with Gasteiger partial charge < -0.3 is 36.7 Å². The smallest absolute Gasteiger partial charge is 0.326 e. The molecule has 0 saturated carbocycles. The van der Waals surface area contributed by atoms with Gasteiger partial charge in [0, 0.05) is 35.9 Å². The first kappa shape index (κ1) is 34.5. The Hall–Kier alpha value is -4.42. The second kappa shape index (κ2) is 14.3. The number of nitrogens with one attached hydrogen (secondary N) is 6. The number of rotatable bonds is 7. The lowest BCUT2D eigenvalue weighted by Gasteiger charge is -2.34. The number of benzene rings is 1. The van der Waals surface area contributed by atoms with Gasteiger partial charge in [-0.15, -0.1) is 0 Å². The highest BCUT2D eigenvalue weighted by Gasteiger charge is 2.40. The molecular weight excluding hydrogens is 592 g/mol. The van der Waals surface area contributed by atoms with Crippen molar-refractivity contribution in [3.05, 3.63) is 35.5 Å². The molecule has 0 spiro atoms. The molecule has 13 nitrogen and oxygen atoms in total. The van der Waals surface area contributed by atoms with Crippen molar-refractivity contribution in [1.29, 1.82) is 0 Å². The van der Waals surface area contributed by atoms with Gasteiger partial charge >= 0.3 is 5.97 Å². The van der Waals surface area contributed by atoms with Crippen molar-refractivity contribution in [2.45, 2.75) is 103 Å². The first-order valence-corrected chi connectivity index (χ1v) is 16.0.